The van der Waals surface area contributed by atoms with E-state index in [9.17, 15) is 8.42 Å². The predicted molar refractivity (Wildman–Crippen MR) is 142 cm³/mol. The fourth-order valence-electron chi connectivity index (χ4n) is 4.08. The molecule has 7 heteroatoms. The van der Waals surface area contributed by atoms with Crippen molar-refractivity contribution in [3.8, 4) is 0 Å². The first-order chi connectivity index (χ1) is 16.3. The largest absolute Gasteiger partial charge is 0.303 e. The number of rotatable bonds is 16. The van der Waals surface area contributed by atoms with Gasteiger partial charge in [-0.25, -0.2) is 8.42 Å². The van der Waals surface area contributed by atoms with Crippen LogP contribution in [0.15, 0.2) is 59.5 Å². The summed E-state index contributed by atoms with van der Waals surface area (Å²) in [6.07, 6.45) is 0. The maximum Gasteiger partial charge on any atom is 0.243 e. The Morgan fingerprint density at radius 3 is 1.65 bits per heavy atom. The van der Waals surface area contributed by atoms with Gasteiger partial charge in [0.05, 0.1) is 4.90 Å². The highest BCUT2D eigenvalue weighted by atomic mass is 32.2. The molecule has 0 bridgehead atoms. The molecule has 0 radical (unpaired) electrons. The van der Waals surface area contributed by atoms with Gasteiger partial charge in [0.25, 0.3) is 0 Å². The van der Waals surface area contributed by atoms with Gasteiger partial charge in [-0.2, -0.15) is 4.31 Å². The Hall–Kier alpha value is -1.77. The van der Waals surface area contributed by atoms with E-state index in [1.807, 2.05) is 48.5 Å². The zero-order valence-corrected chi connectivity index (χ0v) is 22.6. The van der Waals surface area contributed by atoms with Crippen LogP contribution in [0.4, 0.5) is 0 Å². The third kappa shape index (κ3) is 8.78. The number of likely N-dealkylation sites (N-methyl/N-ethyl adjacent to an activating group) is 2. The fraction of sp³-hybridized carbons (Fsp3) is 0.556. The molecule has 0 aliphatic carbocycles. The predicted octanol–water partition coefficient (Wildman–Crippen LogP) is 3.99. The van der Waals surface area contributed by atoms with Crippen molar-refractivity contribution in [1.29, 1.82) is 0 Å². The number of sulfonamides is 1. The second kappa shape index (κ2) is 14.6. The molecule has 0 saturated carbocycles. The van der Waals surface area contributed by atoms with Crippen molar-refractivity contribution in [1.82, 2.24) is 19.0 Å². The zero-order valence-electron chi connectivity index (χ0n) is 21.8. The second-order valence-corrected chi connectivity index (χ2v) is 10.8. The van der Waals surface area contributed by atoms with Gasteiger partial charge in [0.2, 0.25) is 10.0 Å². The summed E-state index contributed by atoms with van der Waals surface area (Å²) in [5, 5.41) is 0. The molecule has 0 spiro atoms. The van der Waals surface area contributed by atoms with Gasteiger partial charge in [-0.3, -0.25) is 4.90 Å². The molecule has 0 aliphatic rings. The van der Waals surface area contributed by atoms with Gasteiger partial charge in [-0.05, 0) is 49.4 Å². The van der Waals surface area contributed by atoms with Crippen LogP contribution in [0.1, 0.15) is 38.8 Å². The van der Waals surface area contributed by atoms with Gasteiger partial charge in [0.15, 0.2) is 0 Å². The average Bonchev–Trinajstić information content (AvgIpc) is 2.85. The van der Waals surface area contributed by atoms with Crippen LogP contribution in [-0.4, -0.2) is 86.8 Å². The first-order valence-corrected chi connectivity index (χ1v) is 14.0. The summed E-state index contributed by atoms with van der Waals surface area (Å²) in [5.41, 5.74) is 2.01. The smallest absolute Gasteiger partial charge is 0.243 e. The third-order valence-corrected chi connectivity index (χ3v) is 8.31. The Bertz CT molecular complexity index is 913. The first-order valence-electron chi connectivity index (χ1n) is 12.6. The summed E-state index contributed by atoms with van der Waals surface area (Å²) in [4.78, 5) is 7.68. The topological polar surface area (TPSA) is 47.1 Å². The molecule has 2 aromatic rings. The monoisotopic (exact) mass is 488 g/mol. The second-order valence-electron chi connectivity index (χ2n) is 8.72. The van der Waals surface area contributed by atoms with Crippen LogP contribution < -0.4 is 0 Å². The summed E-state index contributed by atoms with van der Waals surface area (Å²) >= 11 is 0. The summed E-state index contributed by atoms with van der Waals surface area (Å²) < 4.78 is 27.9. The van der Waals surface area contributed by atoms with Crippen LogP contribution >= 0.6 is 0 Å². The Morgan fingerprint density at radius 1 is 0.618 bits per heavy atom. The maximum absolute atomic E-state index is 13.3. The van der Waals surface area contributed by atoms with Gasteiger partial charge in [0.1, 0.15) is 0 Å². The Morgan fingerprint density at radius 2 is 1.12 bits per heavy atom. The average molecular weight is 489 g/mol. The highest BCUT2D eigenvalue weighted by Gasteiger charge is 2.21. The molecule has 0 N–H and O–H groups in total. The van der Waals surface area contributed by atoms with E-state index in [-0.39, 0.29) is 0 Å². The van der Waals surface area contributed by atoms with Gasteiger partial charge in [-0.15, -0.1) is 0 Å². The lowest BCUT2D eigenvalue weighted by atomic mass is 10.2. The highest BCUT2D eigenvalue weighted by molar-refractivity contribution is 7.89. The van der Waals surface area contributed by atoms with Crippen molar-refractivity contribution in [3.63, 3.8) is 0 Å². The molecule has 0 aliphatic heterocycles. The number of nitrogens with zero attached hydrogens (tertiary/aromatic N) is 4. The molecule has 2 rings (SSSR count). The van der Waals surface area contributed by atoms with Gasteiger partial charge in [0, 0.05) is 46.3 Å². The molecule has 0 heterocycles. The summed E-state index contributed by atoms with van der Waals surface area (Å²) in [6.45, 7) is 18.0. The number of hydrogen-bond acceptors (Lipinski definition) is 5. The van der Waals surface area contributed by atoms with E-state index in [1.165, 1.54) is 4.31 Å². The van der Waals surface area contributed by atoms with E-state index in [2.05, 4.69) is 42.4 Å². The normalized spacial score (nSPS) is 12.4. The lowest BCUT2D eigenvalue weighted by Gasteiger charge is -2.29. The highest BCUT2D eigenvalue weighted by Crippen LogP contribution is 2.19. The first kappa shape index (κ1) is 28.5. The molecule has 34 heavy (non-hydrogen) atoms. The quantitative estimate of drug-likeness (QED) is 0.358. The van der Waals surface area contributed by atoms with Crippen molar-refractivity contribution in [2.24, 2.45) is 0 Å². The molecule has 2 aromatic carbocycles. The molecule has 0 fully saturated rings. The van der Waals surface area contributed by atoms with E-state index < -0.39 is 10.0 Å². The molecule has 0 aromatic heterocycles. The minimum absolute atomic E-state index is 0.354. The van der Waals surface area contributed by atoms with Gasteiger partial charge in [-0.1, -0.05) is 70.2 Å². The van der Waals surface area contributed by atoms with Crippen molar-refractivity contribution in [2.75, 3.05) is 59.4 Å². The Labute approximate surface area is 208 Å². The molecule has 6 nitrogen and oxygen atoms in total. The van der Waals surface area contributed by atoms with E-state index in [0.29, 0.717) is 11.4 Å². The van der Waals surface area contributed by atoms with E-state index in [0.717, 1.165) is 70.0 Å². The van der Waals surface area contributed by atoms with E-state index in [4.69, 9.17) is 0 Å². The molecule has 190 valence electrons. The molecule has 0 saturated heterocycles. The molecular formula is C27H44N4O2S. The molecular weight excluding hydrogens is 444 g/mol. The van der Waals surface area contributed by atoms with Gasteiger partial charge < -0.3 is 9.80 Å². The van der Waals surface area contributed by atoms with Gasteiger partial charge >= 0.3 is 0 Å². The Balaban J connectivity index is 2.14. The van der Waals surface area contributed by atoms with Crippen molar-refractivity contribution in [2.45, 2.75) is 45.7 Å². The molecule has 0 amide bonds. The molecule has 0 atom stereocenters. The van der Waals surface area contributed by atoms with Crippen LogP contribution in [0.5, 0.6) is 0 Å². The van der Waals surface area contributed by atoms with Crippen LogP contribution in [-0.2, 0) is 23.1 Å². The van der Waals surface area contributed by atoms with Crippen LogP contribution in [0.25, 0.3) is 0 Å². The Kier molecular flexibility index (Phi) is 12.2. The van der Waals surface area contributed by atoms with Crippen molar-refractivity contribution in [3.05, 3.63) is 65.7 Å². The van der Waals surface area contributed by atoms with E-state index in [1.54, 1.807) is 13.1 Å². The van der Waals surface area contributed by atoms with Crippen molar-refractivity contribution >= 4 is 10.0 Å². The van der Waals surface area contributed by atoms with E-state index >= 15 is 0 Å². The number of hydrogen-bond donors (Lipinski definition) is 0. The summed E-state index contributed by atoms with van der Waals surface area (Å²) in [5.74, 6) is 0. The molecule has 0 unspecified atom stereocenters. The maximum atomic E-state index is 13.3. The fourth-order valence-corrected chi connectivity index (χ4v) is 5.31. The van der Waals surface area contributed by atoms with Crippen LogP contribution in [0, 0.1) is 0 Å². The summed E-state index contributed by atoms with van der Waals surface area (Å²) in [7, 11) is -1.92. The SMILES string of the molecule is CCN(CC)CCN(CCN(CC)CC)Cc1cccc(S(=O)(=O)N(C)Cc2ccccc2)c1. The standard InChI is InChI=1S/C27H44N4O2S/c1-6-29(7-2)18-20-31(21-19-30(8-3)9-4)24-26-16-13-17-27(22-26)34(32,33)28(5)23-25-14-11-10-12-15-25/h10-17,22H,6-9,18-21,23-24H2,1-5H3. The van der Waals surface area contributed by atoms with Crippen molar-refractivity contribution < 1.29 is 8.42 Å². The lowest BCUT2D eigenvalue weighted by molar-refractivity contribution is 0.180. The lowest BCUT2D eigenvalue weighted by Crippen LogP contribution is -2.39. The third-order valence-electron chi connectivity index (χ3n) is 6.51. The minimum Gasteiger partial charge on any atom is -0.303 e. The van der Waals surface area contributed by atoms with Crippen LogP contribution in [0.3, 0.4) is 0 Å². The zero-order chi connectivity index (χ0) is 25.0. The van der Waals surface area contributed by atoms with Crippen LogP contribution in [0.2, 0.25) is 0 Å². The summed E-state index contributed by atoms with van der Waals surface area (Å²) in [6, 6.07) is 17.2. The number of benzene rings is 2. The minimum atomic E-state index is -3.56.